The van der Waals surface area contributed by atoms with Gasteiger partial charge in [-0.3, -0.25) is 19.3 Å². The number of rotatable bonds is 6. The van der Waals surface area contributed by atoms with Crippen molar-refractivity contribution in [3.05, 3.63) is 58.6 Å². The summed E-state index contributed by atoms with van der Waals surface area (Å²) >= 11 is 6.12. The van der Waals surface area contributed by atoms with Crippen molar-refractivity contribution >= 4 is 40.7 Å². The van der Waals surface area contributed by atoms with Crippen molar-refractivity contribution in [1.82, 2.24) is 4.90 Å². The van der Waals surface area contributed by atoms with Crippen LogP contribution in [0.15, 0.2) is 42.5 Å². The molecule has 2 aromatic rings. The average Bonchev–Trinajstić information content (AvgIpc) is 3.32. The van der Waals surface area contributed by atoms with Crippen LogP contribution >= 0.6 is 11.6 Å². The summed E-state index contributed by atoms with van der Waals surface area (Å²) in [6, 6.07) is 12.3. The maximum atomic E-state index is 12.5. The topological polar surface area (TPSA) is 69.7 Å². The van der Waals surface area contributed by atoms with Gasteiger partial charge in [0, 0.05) is 31.1 Å². The predicted molar refractivity (Wildman–Crippen MR) is 113 cm³/mol. The summed E-state index contributed by atoms with van der Waals surface area (Å²) in [5, 5.41) is 3.50. The molecule has 150 valence electrons. The van der Waals surface area contributed by atoms with Crippen LogP contribution < -0.4 is 10.2 Å². The van der Waals surface area contributed by atoms with Crippen LogP contribution in [0.2, 0.25) is 5.02 Å². The number of nitrogens with zero attached hydrogens (tertiary/aromatic N) is 2. The van der Waals surface area contributed by atoms with Crippen molar-refractivity contribution in [3.8, 4) is 0 Å². The fourth-order valence-electron chi connectivity index (χ4n) is 3.89. The average molecular weight is 412 g/mol. The monoisotopic (exact) mass is 411 g/mol. The van der Waals surface area contributed by atoms with Gasteiger partial charge < -0.3 is 10.2 Å². The predicted octanol–water partition coefficient (Wildman–Crippen LogP) is 3.96. The molecular weight excluding hydrogens is 390 g/mol. The van der Waals surface area contributed by atoms with Crippen LogP contribution in [0, 0.1) is 0 Å². The van der Waals surface area contributed by atoms with Gasteiger partial charge in [0.25, 0.3) is 11.8 Å². The Balaban J connectivity index is 1.35. The molecule has 2 aliphatic rings. The van der Waals surface area contributed by atoms with Crippen molar-refractivity contribution in [1.29, 1.82) is 0 Å². The third kappa shape index (κ3) is 3.98. The molecule has 0 bridgehead atoms. The van der Waals surface area contributed by atoms with Crippen molar-refractivity contribution in [2.45, 2.75) is 25.7 Å². The lowest BCUT2D eigenvalue weighted by molar-refractivity contribution is -0.116. The van der Waals surface area contributed by atoms with E-state index in [4.69, 9.17) is 11.6 Å². The van der Waals surface area contributed by atoms with E-state index in [0.29, 0.717) is 28.3 Å². The zero-order valence-electron chi connectivity index (χ0n) is 16.0. The maximum Gasteiger partial charge on any atom is 0.261 e. The van der Waals surface area contributed by atoms with Crippen molar-refractivity contribution in [2.24, 2.45) is 0 Å². The third-order valence-electron chi connectivity index (χ3n) is 5.34. The molecule has 2 aromatic carbocycles. The molecule has 0 atom stereocenters. The molecule has 1 N–H and O–H groups in total. The van der Waals surface area contributed by atoms with Crippen LogP contribution in [0.4, 0.5) is 11.4 Å². The number of halogens is 1. The molecule has 6 nitrogen and oxygen atoms in total. The first-order valence-electron chi connectivity index (χ1n) is 9.84. The Bertz CT molecular complexity index is 935. The van der Waals surface area contributed by atoms with Gasteiger partial charge in [-0.25, -0.2) is 0 Å². The number of amides is 3. The zero-order chi connectivity index (χ0) is 20.4. The summed E-state index contributed by atoms with van der Waals surface area (Å²) in [5.74, 6) is -0.751. The van der Waals surface area contributed by atoms with E-state index in [1.165, 1.54) is 4.90 Å². The van der Waals surface area contributed by atoms with E-state index in [2.05, 4.69) is 10.2 Å². The van der Waals surface area contributed by atoms with Gasteiger partial charge in [-0.1, -0.05) is 23.7 Å². The Hall–Kier alpha value is -2.86. The van der Waals surface area contributed by atoms with Crippen LogP contribution in [0.5, 0.6) is 0 Å². The van der Waals surface area contributed by atoms with E-state index in [9.17, 15) is 14.4 Å². The number of benzene rings is 2. The van der Waals surface area contributed by atoms with Gasteiger partial charge in [-0.05, 0) is 49.6 Å². The number of hydrogen-bond donors (Lipinski definition) is 1. The van der Waals surface area contributed by atoms with Gasteiger partial charge in [0.1, 0.15) is 0 Å². The SMILES string of the molecule is O=C(CCCN1C(=O)c2ccccc2C1=O)Nc1cc(Cl)ccc1N1CCCC1. The molecule has 3 amide bonds. The lowest BCUT2D eigenvalue weighted by Crippen LogP contribution is -2.31. The Labute approximate surface area is 174 Å². The highest BCUT2D eigenvalue weighted by Crippen LogP contribution is 2.31. The lowest BCUT2D eigenvalue weighted by Gasteiger charge is -2.22. The molecule has 2 heterocycles. The van der Waals surface area contributed by atoms with Crippen LogP contribution in [-0.2, 0) is 4.79 Å². The highest BCUT2D eigenvalue weighted by atomic mass is 35.5. The van der Waals surface area contributed by atoms with Gasteiger partial charge in [0.2, 0.25) is 5.91 Å². The Kier molecular flexibility index (Phi) is 5.53. The minimum atomic E-state index is -0.294. The molecule has 2 aliphatic heterocycles. The summed E-state index contributed by atoms with van der Waals surface area (Å²) in [4.78, 5) is 40.7. The maximum absolute atomic E-state index is 12.5. The first-order valence-corrected chi connectivity index (χ1v) is 10.2. The van der Waals surface area contributed by atoms with E-state index in [1.54, 1.807) is 30.3 Å². The van der Waals surface area contributed by atoms with Gasteiger partial charge in [0.05, 0.1) is 22.5 Å². The molecule has 29 heavy (non-hydrogen) atoms. The molecule has 0 aliphatic carbocycles. The first-order chi connectivity index (χ1) is 14.0. The molecule has 1 fully saturated rings. The lowest BCUT2D eigenvalue weighted by atomic mass is 10.1. The van der Waals surface area contributed by atoms with E-state index < -0.39 is 0 Å². The van der Waals surface area contributed by atoms with Gasteiger partial charge in [-0.15, -0.1) is 0 Å². The molecule has 0 spiro atoms. The number of hydrogen-bond acceptors (Lipinski definition) is 4. The summed E-state index contributed by atoms with van der Waals surface area (Å²) in [6.45, 7) is 2.14. The highest BCUT2D eigenvalue weighted by Gasteiger charge is 2.34. The molecular formula is C22H22ClN3O3. The summed E-state index contributed by atoms with van der Waals surface area (Å²) in [6.07, 6.45) is 2.88. The number of carbonyl (C=O) groups excluding carboxylic acids is 3. The van der Waals surface area contributed by atoms with Gasteiger partial charge in [0.15, 0.2) is 0 Å². The summed E-state index contributed by atoms with van der Waals surface area (Å²) in [5.41, 5.74) is 2.53. The number of imide groups is 1. The molecule has 0 unspecified atom stereocenters. The second-order valence-electron chi connectivity index (χ2n) is 7.31. The van der Waals surface area contributed by atoms with E-state index in [1.807, 2.05) is 12.1 Å². The smallest absolute Gasteiger partial charge is 0.261 e. The molecule has 0 radical (unpaired) electrons. The molecule has 0 aromatic heterocycles. The quantitative estimate of drug-likeness (QED) is 0.730. The molecule has 4 rings (SSSR count). The Morgan fingerprint density at radius 3 is 2.31 bits per heavy atom. The second kappa shape index (κ2) is 8.25. The molecule has 0 saturated carbocycles. The van der Waals surface area contributed by atoms with Crippen molar-refractivity contribution < 1.29 is 14.4 Å². The largest absolute Gasteiger partial charge is 0.370 e. The highest BCUT2D eigenvalue weighted by molar-refractivity contribution is 6.31. The minimum Gasteiger partial charge on any atom is -0.370 e. The van der Waals surface area contributed by atoms with Crippen molar-refractivity contribution in [2.75, 3.05) is 29.9 Å². The van der Waals surface area contributed by atoms with Crippen molar-refractivity contribution in [3.63, 3.8) is 0 Å². The zero-order valence-corrected chi connectivity index (χ0v) is 16.7. The minimum absolute atomic E-state index is 0.163. The van der Waals surface area contributed by atoms with Crippen LogP contribution in [0.25, 0.3) is 0 Å². The van der Waals surface area contributed by atoms with E-state index >= 15 is 0 Å². The number of carbonyl (C=O) groups is 3. The number of fused-ring (bicyclic) bond motifs is 1. The third-order valence-corrected chi connectivity index (χ3v) is 5.58. The fourth-order valence-corrected chi connectivity index (χ4v) is 4.07. The Morgan fingerprint density at radius 1 is 1.00 bits per heavy atom. The standard InChI is InChI=1S/C22H22ClN3O3/c23-15-9-10-19(25-11-3-4-12-25)18(14-15)24-20(27)8-5-13-26-21(28)16-6-1-2-7-17(16)22(26)29/h1-2,6-7,9-10,14H,3-5,8,11-13H2,(H,24,27). The fraction of sp³-hybridized carbons (Fsp3) is 0.318. The van der Waals surface area contributed by atoms with E-state index in [0.717, 1.165) is 31.6 Å². The van der Waals surface area contributed by atoms with Crippen LogP contribution in [0.3, 0.4) is 0 Å². The molecule has 1 saturated heterocycles. The second-order valence-corrected chi connectivity index (χ2v) is 7.75. The van der Waals surface area contributed by atoms with E-state index in [-0.39, 0.29) is 30.7 Å². The van der Waals surface area contributed by atoms with Crippen LogP contribution in [0.1, 0.15) is 46.4 Å². The number of nitrogens with one attached hydrogen (secondary N) is 1. The molecule has 7 heteroatoms. The Morgan fingerprint density at radius 2 is 1.66 bits per heavy atom. The van der Waals surface area contributed by atoms with Gasteiger partial charge >= 0.3 is 0 Å². The van der Waals surface area contributed by atoms with Gasteiger partial charge in [-0.2, -0.15) is 0 Å². The first kappa shape index (κ1) is 19.5. The summed E-state index contributed by atoms with van der Waals surface area (Å²) < 4.78 is 0. The normalized spacial score (nSPS) is 15.8. The summed E-state index contributed by atoms with van der Waals surface area (Å²) in [7, 11) is 0. The van der Waals surface area contributed by atoms with Crippen LogP contribution in [-0.4, -0.2) is 42.3 Å². The number of anilines is 2.